The van der Waals surface area contributed by atoms with Gasteiger partial charge in [-0.3, -0.25) is 9.68 Å². The SMILES string of the molecule is CCN(OCC(C)PC(O)O)OCC(C)PC(O)O. The van der Waals surface area contributed by atoms with Crippen LogP contribution in [0.1, 0.15) is 20.8 Å². The molecule has 0 aromatic heterocycles. The van der Waals surface area contributed by atoms with Crippen LogP contribution in [-0.2, 0) is 9.68 Å². The third-order valence-electron chi connectivity index (χ3n) is 2.06. The van der Waals surface area contributed by atoms with Gasteiger partial charge >= 0.3 is 0 Å². The Morgan fingerprint density at radius 2 is 1.26 bits per heavy atom. The van der Waals surface area contributed by atoms with Gasteiger partial charge in [-0.05, 0) is 6.92 Å². The summed E-state index contributed by atoms with van der Waals surface area (Å²) >= 11 is 0. The summed E-state index contributed by atoms with van der Waals surface area (Å²) in [5.41, 5.74) is 0.0485. The van der Waals surface area contributed by atoms with E-state index in [1.807, 2.05) is 20.8 Å². The van der Waals surface area contributed by atoms with E-state index >= 15 is 0 Å². The molecule has 4 N–H and O–H groups in total. The fourth-order valence-corrected chi connectivity index (χ4v) is 2.57. The van der Waals surface area contributed by atoms with Gasteiger partial charge in [0, 0.05) is 17.9 Å². The lowest BCUT2D eigenvalue weighted by Crippen LogP contribution is -2.29. The first-order chi connectivity index (χ1) is 8.85. The van der Waals surface area contributed by atoms with E-state index in [9.17, 15) is 0 Å². The number of aliphatic hydroxyl groups excluding tert-OH is 2. The molecule has 0 aromatic carbocycles. The summed E-state index contributed by atoms with van der Waals surface area (Å²) in [6.45, 7) is 6.78. The van der Waals surface area contributed by atoms with Crippen molar-refractivity contribution in [3.05, 3.63) is 0 Å². The van der Waals surface area contributed by atoms with Crippen molar-refractivity contribution >= 4 is 17.2 Å². The van der Waals surface area contributed by atoms with Crippen molar-refractivity contribution in [2.45, 2.75) is 44.2 Å². The van der Waals surface area contributed by atoms with Crippen molar-refractivity contribution in [3.8, 4) is 0 Å². The first kappa shape index (κ1) is 19.6. The van der Waals surface area contributed by atoms with Gasteiger partial charge in [-0.2, -0.15) is 0 Å². The summed E-state index contributed by atoms with van der Waals surface area (Å²) in [5, 5.41) is 36.6. The van der Waals surface area contributed by atoms with E-state index in [1.165, 1.54) is 5.23 Å². The first-order valence-electron chi connectivity index (χ1n) is 6.12. The molecule has 4 unspecified atom stereocenters. The molecule has 116 valence electrons. The Kier molecular flexibility index (Phi) is 11.6. The predicted octanol–water partition coefficient (Wildman–Crippen LogP) is -0.158. The van der Waals surface area contributed by atoms with Crippen LogP contribution in [0.4, 0.5) is 0 Å². The van der Waals surface area contributed by atoms with Crippen LogP contribution in [-0.4, -0.2) is 68.8 Å². The third kappa shape index (κ3) is 12.1. The van der Waals surface area contributed by atoms with Gasteiger partial charge in [0.2, 0.25) is 0 Å². The molecule has 19 heavy (non-hydrogen) atoms. The van der Waals surface area contributed by atoms with Crippen LogP contribution in [0.25, 0.3) is 0 Å². The van der Waals surface area contributed by atoms with Crippen molar-refractivity contribution in [2.24, 2.45) is 0 Å². The van der Waals surface area contributed by atoms with Gasteiger partial charge < -0.3 is 20.4 Å². The molecule has 7 nitrogen and oxygen atoms in total. The van der Waals surface area contributed by atoms with Crippen LogP contribution >= 0.6 is 17.2 Å². The fourth-order valence-electron chi connectivity index (χ4n) is 1.21. The molecule has 0 radical (unpaired) electrons. The molecule has 0 spiro atoms. The molecule has 4 atom stereocenters. The number of hydrogen-bond donors (Lipinski definition) is 4. The smallest absolute Gasteiger partial charge is 0.167 e. The summed E-state index contributed by atoms with van der Waals surface area (Å²) in [5.74, 6) is 0. The molecule has 0 saturated carbocycles. The second kappa shape index (κ2) is 11.3. The molecule has 0 aliphatic heterocycles. The molecule has 0 saturated heterocycles. The van der Waals surface area contributed by atoms with Crippen LogP contribution in [0.3, 0.4) is 0 Å². The second-order valence-electron chi connectivity index (χ2n) is 4.12. The summed E-state index contributed by atoms with van der Waals surface area (Å²) in [6, 6.07) is -2.61. The highest BCUT2D eigenvalue weighted by Crippen LogP contribution is 2.23. The van der Waals surface area contributed by atoms with E-state index in [0.29, 0.717) is 19.8 Å². The standard InChI is InChI=1S/C10H25NO6P2/c1-4-11(16-5-7(2)18-9(12)13)17-6-8(3)19-10(14)15/h7-10,12-15,18-19H,4-6H2,1-3H3. The van der Waals surface area contributed by atoms with Crippen molar-refractivity contribution in [2.75, 3.05) is 19.8 Å². The Labute approximate surface area is 117 Å². The summed E-state index contributed by atoms with van der Waals surface area (Å²) in [4.78, 5) is 10.8. The Hall–Kier alpha value is 0.580. The molecule has 0 fully saturated rings. The molecular formula is C10H25NO6P2. The molecule has 9 heteroatoms. The summed E-state index contributed by atoms with van der Waals surface area (Å²) < 4.78 is 0. The molecule has 0 heterocycles. The number of nitrogens with zero attached hydrogens (tertiary/aromatic N) is 1. The van der Waals surface area contributed by atoms with Gasteiger partial charge in [0.15, 0.2) is 12.1 Å². The summed E-state index contributed by atoms with van der Waals surface area (Å²) in [6.07, 6.45) is 0. The van der Waals surface area contributed by atoms with E-state index in [-0.39, 0.29) is 28.5 Å². The van der Waals surface area contributed by atoms with Gasteiger partial charge in [-0.25, -0.2) is 0 Å². The topological polar surface area (TPSA) is 103 Å². The molecule has 0 bridgehead atoms. The van der Waals surface area contributed by atoms with E-state index in [4.69, 9.17) is 30.1 Å². The van der Waals surface area contributed by atoms with Crippen molar-refractivity contribution in [1.82, 2.24) is 5.23 Å². The maximum Gasteiger partial charge on any atom is 0.167 e. The summed E-state index contributed by atoms with van der Waals surface area (Å²) in [7, 11) is -0.00693. The van der Waals surface area contributed by atoms with Gasteiger partial charge in [-0.15, -0.1) is 0 Å². The lowest BCUT2D eigenvalue weighted by Gasteiger charge is -2.23. The van der Waals surface area contributed by atoms with Crippen LogP contribution in [0.5, 0.6) is 0 Å². The highest BCUT2D eigenvalue weighted by Gasteiger charge is 2.13. The first-order valence-corrected chi connectivity index (χ1v) is 8.43. The predicted molar refractivity (Wildman–Crippen MR) is 76.3 cm³/mol. The third-order valence-corrected chi connectivity index (χ3v) is 4.13. The lowest BCUT2D eigenvalue weighted by atomic mass is 10.5. The Bertz CT molecular complexity index is 202. The number of hydrogen-bond acceptors (Lipinski definition) is 7. The molecular weight excluding hydrogens is 292 g/mol. The Morgan fingerprint density at radius 3 is 1.53 bits per heavy atom. The highest BCUT2D eigenvalue weighted by molar-refractivity contribution is 7.39. The second-order valence-corrected chi connectivity index (χ2v) is 7.79. The maximum atomic E-state index is 8.83. The van der Waals surface area contributed by atoms with Crippen LogP contribution in [0.15, 0.2) is 0 Å². The zero-order chi connectivity index (χ0) is 14.8. The van der Waals surface area contributed by atoms with Crippen LogP contribution < -0.4 is 0 Å². The van der Waals surface area contributed by atoms with E-state index in [0.717, 1.165) is 0 Å². The minimum Gasteiger partial charge on any atom is -0.365 e. The monoisotopic (exact) mass is 317 g/mol. The Balaban J connectivity index is 3.82. The highest BCUT2D eigenvalue weighted by atomic mass is 31.1. The Morgan fingerprint density at radius 1 is 0.895 bits per heavy atom. The van der Waals surface area contributed by atoms with Crippen LogP contribution in [0.2, 0.25) is 0 Å². The molecule has 0 aliphatic rings. The average Bonchev–Trinajstić information content (AvgIpc) is 2.27. The van der Waals surface area contributed by atoms with Gasteiger partial charge in [0.25, 0.3) is 0 Å². The van der Waals surface area contributed by atoms with Gasteiger partial charge in [0.05, 0.1) is 13.2 Å². The molecule has 0 aromatic rings. The normalized spacial score (nSPS) is 16.7. The van der Waals surface area contributed by atoms with Gasteiger partial charge in [0.1, 0.15) is 0 Å². The maximum absolute atomic E-state index is 8.83. The number of aliphatic hydroxyl groups is 4. The fraction of sp³-hybridized carbons (Fsp3) is 1.00. The quantitative estimate of drug-likeness (QED) is 0.239. The van der Waals surface area contributed by atoms with Crippen LogP contribution in [0, 0.1) is 0 Å². The zero-order valence-corrected chi connectivity index (χ0v) is 13.5. The molecule has 0 rings (SSSR count). The van der Waals surface area contributed by atoms with Crippen molar-refractivity contribution in [1.29, 1.82) is 0 Å². The van der Waals surface area contributed by atoms with Gasteiger partial charge in [-0.1, -0.05) is 36.2 Å². The van der Waals surface area contributed by atoms with E-state index in [2.05, 4.69) is 0 Å². The minimum atomic E-state index is -1.30. The van der Waals surface area contributed by atoms with Crippen molar-refractivity contribution in [3.63, 3.8) is 0 Å². The largest absolute Gasteiger partial charge is 0.365 e. The zero-order valence-electron chi connectivity index (χ0n) is 11.5. The minimum absolute atomic E-state index is 0.00347. The van der Waals surface area contributed by atoms with Crippen molar-refractivity contribution < 1.29 is 30.1 Å². The van der Waals surface area contributed by atoms with E-state index in [1.54, 1.807) is 0 Å². The number of hydroxylamine groups is 2. The molecule has 0 amide bonds. The molecule has 0 aliphatic carbocycles. The lowest BCUT2D eigenvalue weighted by molar-refractivity contribution is -0.365. The average molecular weight is 317 g/mol. The number of rotatable bonds is 11. The van der Waals surface area contributed by atoms with E-state index < -0.39 is 12.1 Å².